The predicted molar refractivity (Wildman–Crippen MR) is 83.5 cm³/mol. The number of aromatic nitrogens is 4. The number of nitrogens with zero attached hydrogens (tertiary/aromatic N) is 3. The molecule has 116 valence electrons. The second-order valence-corrected chi connectivity index (χ2v) is 6.41. The fourth-order valence-electron chi connectivity index (χ4n) is 2.84. The van der Waals surface area contributed by atoms with E-state index < -0.39 is 0 Å². The molecule has 0 aliphatic rings. The van der Waals surface area contributed by atoms with Gasteiger partial charge in [-0.1, -0.05) is 70.9 Å². The number of aromatic amines is 1. The van der Waals surface area contributed by atoms with Crippen LogP contribution in [0, 0.1) is 5.41 Å². The van der Waals surface area contributed by atoms with Gasteiger partial charge in [-0.2, -0.15) is 5.21 Å². The zero-order chi connectivity index (χ0) is 14.7. The van der Waals surface area contributed by atoms with Gasteiger partial charge in [0.1, 0.15) is 0 Å². The second kappa shape index (κ2) is 9.89. The molecule has 0 saturated carbocycles. The van der Waals surface area contributed by atoms with Gasteiger partial charge in [-0.25, -0.2) is 0 Å². The number of aryl methyl sites for hydroxylation is 1. The smallest absolute Gasteiger partial charge is 0.174 e. The number of hydrogen-bond donors (Lipinski definition) is 1. The number of H-pyrrole nitrogens is 1. The molecule has 1 aromatic rings. The van der Waals surface area contributed by atoms with Gasteiger partial charge in [0.05, 0.1) is 0 Å². The molecule has 20 heavy (non-hydrogen) atoms. The molecule has 4 nitrogen and oxygen atoms in total. The monoisotopic (exact) mass is 280 g/mol. The topological polar surface area (TPSA) is 54.5 Å². The van der Waals surface area contributed by atoms with Gasteiger partial charge < -0.3 is 0 Å². The molecule has 0 spiro atoms. The van der Waals surface area contributed by atoms with E-state index in [-0.39, 0.29) is 0 Å². The molecule has 1 N–H and O–H groups in total. The highest BCUT2D eigenvalue weighted by Gasteiger charge is 2.23. The molecule has 1 rings (SSSR count). The van der Waals surface area contributed by atoms with E-state index in [0.29, 0.717) is 5.41 Å². The first-order valence-corrected chi connectivity index (χ1v) is 8.42. The molecule has 0 aliphatic carbocycles. The minimum absolute atomic E-state index is 0.447. The van der Waals surface area contributed by atoms with Gasteiger partial charge in [0.2, 0.25) is 0 Å². The van der Waals surface area contributed by atoms with E-state index in [4.69, 9.17) is 0 Å². The summed E-state index contributed by atoms with van der Waals surface area (Å²) in [6, 6.07) is 0. The Morgan fingerprint density at radius 3 is 2.25 bits per heavy atom. The van der Waals surface area contributed by atoms with Crippen molar-refractivity contribution in [2.24, 2.45) is 5.41 Å². The third kappa shape index (κ3) is 7.01. The number of nitrogens with one attached hydrogen (secondary N) is 1. The first-order chi connectivity index (χ1) is 9.70. The molecule has 0 amide bonds. The Labute approximate surface area is 124 Å². The molecule has 1 unspecified atom stereocenters. The van der Waals surface area contributed by atoms with E-state index in [0.717, 1.165) is 12.2 Å². The van der Waals surface area contributed by atoms with Crippen molar-refractivity contribution in [3.8, 4) is 0 Å². The van der Waals surface area contributed by atoms with Crippen LogP contribution in [-0.4, -0.2) is 20.6 Å². The molecule has 0 bridgehead atoms. The fourth-order valence-corrected chi connectivity index (χ4v) is 2.84. The summed E-state index contributed by atoms with van der Waals surface area (Å²) in [5.74, 6) is 0.860. The Morgan fingerprint density at radius 1 is 0.900 bits per heavy atom. The summed E-state index contributed by atoms with van der Waals surface area (Å²) < 4.78 is 0. The average molecular weight is 280 g/mol. The molecular weight excluding hydrogens is 248 g/mol. The lowest BCUT2D eigenvalue weighted by Gasteiger charge is -2.29. The minimum atomic E-state index is 0.447. The first kappa shape index (κ1) is 17.1. The standard InChI is InChI=1S/C16H32N4/c1-4-6-8-9-10-13-16(3,12-7-5-2)14-11-15-17-19-20-18-15/h4-14H2,1-3H3,(H,17,18,19,20). The zero-order valence-corrected chi connectivity index (χ0v) is 13.6. The lowest BCUT2D eigenvalue weighted by atomic mass is 9.76. The lowest BCUT2D eigenvalue weighted by molar-refractivity contribution is 0.231. The van der Waals surface area contributed by atoms with Crippen LogP contribution in [0.2, 0.25) is 0 Å². The van der Waals surface area contributed by atoms with Crippen molar-refractivity contribution in [1.29, 1.82) is 0 Å². The zero-order valence-electron chi connectivity index (χ0n) is 13.6. The molecule has 1 atom stereocenters. The Hall–Kier alpha value is -0.930. The predicted octanol–water partition coefficient (Wildman–Crippen LogP) is 4.69. The SMILES string of the molecule is CCCCCCCC(C)(CCCC)CCc1nn[nH]n1. The first-order valence-electron chi connectivity index (χ1n) is 8.42. The van der Waals surface area contributed by atoms with Gasteiger partial charge in [-0.15, -0.1) is 10.2 Å². The van der Waals surface area contributed by atoms with Crippen LogP contribution in [-0.2, 0) is 6.42 Å². The lowest BCUT2D eigenvalue weighted by Crippen LogP contribution is -2.18. The molecule has 1 aromatic heterocycles. The van der Waals surface area contributed by atoms with Crippen LogP contribution < -0.4 is 0 Å². The fraction of sp³-hybridized carbons (Fsp3) is 0.938. The van der Waals surface area contributed by atoms with Crippen molar-refractivity contribution in [2.45, 2.75) is 91.4 Å². The Morgan fingerprint density at radius 2 is 1.60 bits per heavy atom. The third-order valence-corrected chi connectivity index (χ3v) is 4.36. The van der Waals surface area contributed by atoms with Crippen molar-refractivity contribution < 1.29 is 0 Å². The second-order valence-electron chi connectivity index (χ2n) is 6.41. The van der Waals surface area contributed by atoms with Crippen molar-refractivity contribution in [3.05, 3.63) is 5.82 Å². The van der Waals surface area contributed by atoms with Gasteiger partial charge >= 0.3 is 0 Å². The van der Waals surface area contributed by atoms with Crippen LogP contribution in [0.4, 0.5) is 0 Å². The Balaban J connectivity index is 2.34. The summed E-state index contributed by atoms with van der Waals surface area (Å²) in [5, 5.41) is 14.3. The quantitative estimate of drug-likeness (QED) is 0.565. The van der Waals surface area contributed by atoms with E-state index >= 15 is 0 Å². The summed E-state index contributed by atoms with van der Waals surface area (Å²) in [5.41, 5.74) is 0.447. The van der Waals surface area contributed by atoms with E-state index in [9.17, 15) is 0 Å². The number of rotatable bonds is 12. The summed E-state index contributed by atoms with van der Waals surface area (Å²) in [6.45, 7) is 7.00. The molecule has 0 aromatic carbocycles. The highest BCUT2D eigenvalue weighted by atomic mass is 15.5. The molecule has 0 aliphatic heterocycles. The molecular formula is C16H32N4. The van der Waals surface area contributed by atoms with Crippen LogP contribution in [0.25, 0.3) is 0 Å². The van der Waals surface area contributed by atoms with Crippen LogP contribution in [0.1, 0.15) is 90.8 Å². The van der Waals surface area contributed by atoms with E-state index in [1.165, 1.54) is 64.2 Å². The van der Waals surface area contributed by atoms with Crippen molar-refractivity contribution in [2.75, 3.05) is 0 Å². The van der Waals surface area contributed by atoms with Gasteiger partial charge in [0, 0.05) is 6.42 Å². The van der Waals surface area contributed by atoms with Gasteiger partial charge in [-0.3, -0.25) is 0 Å². The van der Waals surface area contributed by atoms with Crippen LogP contribution in [0.15, 0.2) is 0 Å². The number of tetrazole rings is 1. The molecule has 0 radical (unpaired) electrons. The Kier molecular flexibility index (Phi) is 8.47. The summed E-state index contributed by atoms with van der Waals surface area (Å²) >= 11 is 0. The van der Waals surface area contributed by atoms with Crippen molar-refractivity contribution >= 4 is 0 Å². The van der Waals surface area contributed by atoms with E-state index in [1.54, 1.807) is 0 Å². The molecule has 0 saturated heterocycles. The molecule has 0 fully saturated rings. The van der Waals surface area contributed by atoms with Crippen LogP contribution in [0.3, 0.4) is 0 Å². The highest BCUT2D eigenvalue weighted by Crippen LogP contribution is 2.35. The van der Waals surface area contributed by atoms with Crippen molar-refractivity contribution in [1.82, 2.24) is 20.6 Å². The maximum absolute atomic E-state index is 4.07. The number of unbranched alkanes of at least 4 members (excludes halogenated alkanes) is 5. The maximum atomic E-state index is 4.07. The summed E-state index contributed by atoms with van der Waals surface area (Å²) in [4.78, 5) is 0. The van der Waals surface area contributed by atoms with E-state index in [1.807, 2.05) is 0 Å². The van der Waals surface area contributed by atoms with Crippen LogP contribution in [0.5, 0.6) is 0 Å². The average Bonchev–Trinajstić information content (AvgIpc) is 2.96. The highest BCUT2D eigenvalue weighted by molar-refractivity contribution is 4.83. The number of hydrogen-bond acceptors (Lipinski definition) is 3. The van der Waals surface area contributed by atoms with E-state index in [2.05, 4.69) is 41.4 Å². The van der Waals surface area contributed by atoms with Gasteiger partial charge in [-0.05, 0) is 24.7 Å². The largest absolute Gasteiger partial charge is 0.177 e. The molecule has 4 heteroatoms. The normalized spacial score (nSPS) is 14.3. The minimum Gasteiger partial charge on any atom is -0.177 e. The summed E-state index contributed by atoms with van der Waals surface area (Å²) in [6.07, 6.45) is 14.3. The molecule has 1 heterocycles. The van der Waals surface area contributed by atoms with Crippen molar-refractivity contribution in [3.63, 3.8) is 0 Å². The third-order valence-electron chi connectivity index (χ3n) is 4.36. The van der Waals surface area contributed by atoms with Gasteiger partial charge in [0.15, 0.2) is 5.82 Å². The Bertz CT molecular complexity index is 323. The maximum Gasteiger partial charge on any atom is 0.174 e. The summed E-state index contributed by atoms with van der Waals surface area (Å²) in [7, 11) is 0. The van der Waals surface area contributed by atoms with Gasteiger partial charge in [0.25, 0.3) is 0 Å². The van der Waals surface area contributed by atoms with Crippen LogP contribution >= 0.6 is 0 Å².